The molecule has 194 valence electrons. The van der Waals surface area contributed by atoms with Gasteiger partial charge >= 0.3 is 5.97 Å². The highest BCUT2D eigenvalue weighted by molar-refractivity contribution is 5.70. The smallest absolute Gasteiger partial charge is 0.306 e. The predicted octanol–water partition coefficient (Wildman–Crippen LogP) is 4.56. The van der Waals surface area contributed by atoms with E-state index in [0.717, 1.165) is 44.9 Å². The van der Waals surface area contributed by atoms with E-state index in [9.17, 15) is 20.1 Å². The van der Waals surface area contributed by atoms with Gasteiger partial charge in [0.25, 0.3) is 0 Å². The van der Waals surface area contributed by atoms with Crippen molar-refractivity contribution in [3.63, 3.8) is 0 Å². The average Bonchev–Trinajstić information content (AvgIpc) is 3.14. The molecule has 0 radical (unpaired) electrons. The van der Waals surface area contributed by atoms with Gasteiger partial charge in [-0.1, -0.05) is 34.6 Å². The topological polar surface area (TPSA) is 87.0 Å². The molecule has 1 aliphatic heterocycles. The molecular weight excluding hydrogens is 428 g/mol. The number of esters is 1. The SMILES string of the molecule is CC(C)C1CC(=O)OC(C(C)C2CCC3C4C(O)[C@H](O)C5C[C@H](O)CC[C@]5(C)C4CC[C@]23C)C1. The zero-order valence-corrected chi connectivity index (χ0v) is 22.0. The van der Waals surface area contributed by atoms with E-state index < -0.39 is 12.2 Å². The molecule has 4 aliphatic carbocycles. The number of hydrogen-bond acceptors (Lipinski definition) is 5. The molecule has 5 rings (SSSR count). The molecule has 5 nitrogen and oxygen atoms in total. The molecule has 5 heteroatoms. The predicted molar refractivity (Wildman–Crippen MR) is 131 cm³/mol. The van der Waals surface area contributed by atoms with Crippen LogP contribution in [0.15, 0.2) is 0 Å². The Morgan fingerprint density at radius 3 is 2.24 bits per heavy atom. The molecule has 5 fully saturated rings. The summed E-state index contributed by atoms with van der Waals surface area (Å²) in [6.45, 7) is 11.5. The van der Waals surface area contributed by atoms with Crippen LogP contribution in [0.3, 0.4) is 0 Å². The fourth-order valence-electron chi connectivity index (χ4n) is 10.1. The number of rotatable bonds is 3. The van der Waals surface area contributed by atoms with E-state index in [1.54, 1.807) is 0 Å². The van der Waals surface area contributed by atoms with Crippen molar-refractivity contribution in [2.45, 2.75) is 117 Å². The van der Waals surface area contributed by atoms with E-state index in [0.29, 0.717) is 48.3 Å². The maximum absolute atomic E-state index is 12.4. The van der Waals surface area contributed by atoms with E-state index in [4.69, 9.17) is 4.74 Å². The molecule has 13 atom stereocenters. The first-order valence-electron chi connectivity index (χ1n) is 14.2. The molecule has 3 N–H and O–H groups in total. The van der Waals surface area contributed by atoms with Crippen LogP contribution in [0, 0.1) is 58.2 Å². The van der Waals surface area contributed by atoms with Crippen LogP contribution in [-0.2, 0) is 9.53 Å². The second-order valence-corrected chi connectivity index (χ2v) is 13.9. The number of aliphatic hydroxyl groups excluding tert-OH is 3. The zero-order chi connectivity index (χ0) is 24.6. The quantitative estimate of drug-likeness (QED) is 0.520. The summed E-state index contributed by atoms with van der Waals surface area (Å²) in [5.41, 5.74) is 0.104. The number of fused-ring (bicyclic) bond motifs is 5. The molecule has 0 aromatic rings. The number of ether oxygens (including phenoxy) is 1. The van der Waals surface area contributed by atoms with Crippen LogP contribution in [0.2, 0.25) is 0 Å². The lowest BCUT2D eigenvalue weighted by molar-refractivity contribution is -0.224. The summed E-state index contributed by atoms with van der Waals surface area (Å²) in [6.07, 6.45) is 6.53. The Balaban J connectivity index is 1.39. The number of cyclic esters (lactones) is 1. The van der Waals surface area contributed by atoms with Crippen molar-refractivity contribution in [2.24, 2.45) is 58.2 Å². The Hall–Kier alpha value is -0.650. The van der Waals surface area contributed by atoms with E-state index in [-0.39, 0.29) is 40.8 Å². The molecule has 0 aromatic heterocycles. The minimum Gasteiger partial charge on any atom is -0.462 e. The summed E-state index contributed by atoms with van der Waals surface area (Å²) in [7, 11) is 0. The highest BCUT2D eigenvalue weighted by Gasteiger charge is 2.65. The minimum atomic E-state index is -0.744. The van der Waals surface area contributed by atoms with Gasteiger partial charge in [0.1, 0.15) is 6.10 Å². The second kappa shape index (κ2) is 8.73. The fourth-order valence-corrected chi connectivity index (χ4v) is 10.1. The van der Waals surface area contributed by atoms with Crippen molar-refractivity contribution in [1.82, 2.24) is 0 Å². The summed E-state index contributed by atoms with van der Waals surface area (Å²) in [4.78, 5) is 12.4. The van der Waals surface area contributed by atoms with Crippen LogP contribution in [0.25, 0.3) is 0 Å². The molecule has 0 bridgehead atoms. The Kier molecular flexibility index (Phi) is 6.42. The van der Waals surface area contributed by atoms with Gasteiger partial charge in [0.15, 0.2) is 0 Å². The fraction of sp³-hybridized carbons (Fsp3) is 0.966. The van der Waals surface area contributed by atoms with E-state index in [2.05, 4.69) is 34.6 Å². The van der Waals surface area contributed by atoms with Crippen LogP contribution in [0.5, 0.6) is 0 Å². The van der Waals surface area contributed by atoms with Gasteiger partial charge in [0.2, 0.25) is 0 Å². The summed E-state index contributed by atoms with van der Waals surface area (Å²) in [6, 6.07) is 0. The van der Waals surface area contributed by atoms with Crippen molar-refractivity contribution >= 4 is 5.97 Å². The van der Waals surface area contributed by atoms with Gasteiger partial charge < -0.3 is 20.1 Å². The Bertz CT molecular complexity index is 782. The number of carbonyl (C=O) groups is 1. The Labute approximate surface area is 206 Å². The minimum absolute atomic E-state index is 0.00301. The lowest BCUT2D eigenvalue weighted by Crippen LogP contribution is -2.64. The number of carbonyl (C=O) groups excluding carboxylic acids is 1. The summed E-state index contributed by atoms with van der Waals surface area (Å²) in [5.74, 6) is 2.58. The molecule has 34 heavy (non-hydrogen) atoms. The molecule has 1 heterocycles. The van der Waals surface area contributed by atoms with Crippen LogP contribution in [0.1, 0.15) is 92.4 Å². The van der Waals surface area contributed by atoms with Crippen LogP contribution < -0.4 is 0 Å². The maximum atomic E-state index is 12.4. The average molecular weight is 477 g/mol. The van der Waals surface area contributed by atoms with Crippen molar-refractivity contribution in [3.8, 4) is 0 Å². The highest BCUT2D eigenvalue weighted by atomic mass is 16.5. The van der Waals surface area contributed by atoms with Crippen molar-refractivity contribution in [1.29, 1.82) is 0 Å². The first-order valence-corrected chi connectivity index (χ1v) is 14.2. The largest absolute Gasteiger partial charge is 0.462 e. The van der Waals surface area contributed by atoms with Crippen LogP contribution >= 0.6 is 0 Å². The molecule has 4 saturated carbocycles. The number of aliphatic hydroxyl groups is 3. The van der Waals surface area contributed by atoms with Crippen molar-refractivity contribution in [3.05, 3.63) is 0 Å². The molecule has 0 aromatic carbocycles. The first kappa shape index (κ1) is 25.0. The van der Waals surface area contributed by atoms with Gasteiger partial charge in [-0.25, -0.2) is 0 Å². The van der Waals surface area contributed by atoms with Gasteiger partial charge in [0, 0.05) is 6.42 Å². The van der Waals surface area contributed by atoms with Crippen LogP contribution in [-0.4, -0.2) is 45.7 Å². The van der Waals surface area contributed by atoms with Gasteiger partial charge in [-0.05, 0) is 110 Å². The molecular formula is C29H48O5. The molecule has 0 spiro atoms. The summed E-state index contributed by atoms with van der Waals surface area (Å²) < 4.78 is 5.96. The van der Waals surface area contributed by atoms with Gasteiger partial charge in [-0.2, -0.15) is 0 Å². The number of hydrogen-bond donors (Lipinski definition) is 3. The lowest BCUT2D eigenvalue weighted by Gasteiger charge is -2.63. The zero-order valence-electron chi connectivity index (χ0n) is 22.0. The molecule has 9 unspecified atom stereocenters. The molecule has 5 aliphatic rings. The molecule has 1 saturated heterocycles. The van der Waals surface area contributed by atoms with E-state index >= 15 is 0 Å². The second-order valence-electron chi connectivity index (χ2n) is 13.9. The lowest BCUT2D eigenvalue weighted by atomic mass is 9.43. The molecule has 0 amide bonds. The van der Waals surface area contributed by atoms with Gasteiger partial charge in [-0.15, -0.1) is 0 Å². The third kappa shape index (κ3) is 3.70. The van der Waals surface area contributed by atoms with Crippen molar-refractivity contribution in [2.75, 3.05) is 0 Å². The highest BCUT2D eigenvalue weighted by Crippen LogP contribution is 2.68. The Morgan fingerprint density at radius 2 is 1.53 bits per heavy atom. The van der Waals surface area contributed by atoms with Gasteiger partial charge in [0.05, 0.1) is 18.3 Å². The Morgan fingerprint density at radius 1 is 0.853 bits per heavy atom. The van der Waals surface area contributed by atoms with Crippen molar-refractivity contribution < 1.29 is 24.9 Å². The van der Waals surface area contributed by atoms with E-state index in [1.807, 2.05) is 0 Å². The third-order valence-corrected chi connectivity index (χ3v) is 12.2. The monoisotopic (exact) mass is 476 g/mol. The maximum Gasteiger partial charge on any atom is 0.306 e. The standard InChI is InChI=1S/C29H48O5/c1-15(2)17-12-23(34-24(31)13-17)16(3)19-6-7-20-25-21(9-11-28(19,20)4)29(5)10-8-18(30)14-22(29)26(32)27(25)33/h15-23,25-27,30,32-33H,6-14H2,1-5H3/t16?,17?,18-,19?,20?,21?,22?,23?,25?,26-,27?,28-,29-/m1/s1. The summed E-state index contributed by atoms with van der Waals surface area (Å²) >= 11 is 0. The van der Waals surface area contributed by atoms with Crippen LogP contribution in [0.4, 0.5) is 0 Å². The van der Waals surface area contributed by atoms with Gasteiger partial charge in [-0.3, -0.25) is 4.79 Å². The third-order valence-electron chi connectivity index (χ3n) is 12.2. The summed E-state index contributed by atoms with van der Waals surface area (Å²) in [5, 5.41) is 33.1. The normalized spacial score (nSPS) is 54.1. The first-order chi connectivity index (χ1) is 16.0. The van der Waals surface area contributed by atoms with E-state index in [1.165, 1.54) is 0 Å².